The Bertz CT molecular complexity index is 578. The number of rotatable bonds is 5. The predicted octanol–water partition coefficient (Wildman–Crippen LogP) is 2.79. The van der Waals surface area contributed by atoms with Gasteiger partial charge in [0.05, 0.1) is 12.7 Å². The van der Waals surface area contributed by atoms with Crippen LogP contribution in [0.2, 0.25) is 0 Å². The second-order valence-electron chi connectivity index (χ2n) is 3.98. The first kappa shape index (κ1) is 13.0. The van der Waals surface area contributed by atoms with Gasteiger partial charge in [-0.2, -0.15) is 0 Å². The van der Waals surface area contributed by atoms with E-state index in [9.17, 15) is 9.90 Å². The minimum absolute atomic E-state index is 0.183. The molecule has 4 heteroatoms. The summed E-state index contributed by atoms with van der Waals surface area (Å²) in [6.45, 7) is 0.266. The van der Waals surface area contributed by atoms with Crippen molar-refractivity contribution in [3.63, 3.8) is 0 Å². The Morgan fingerprint density at radius 3 is 2.74 bits per heavy atom. The number of methoxy groups -OCH3 is 1. The summed E-state index contributed by atoms with van der Waals surface area (Å²) in [7, 11) is 1.55. The zero-order chi connectivity index (χ0) is 13.7. The molecule has 98 valence electrons. The molecule has 0 aromatic heterocycles. The number of carbonyl (C=O) groups excluding carboxylic acids is 1. The van der Waals surface area contributed by atoms with Gasteiger partial charge in [0.15, 0.2) is 6.29 Å². The maximum Gasteiger partial charge on any atom is 0.153 e. The zero-order valence-electron chi connectivity index (χ0n) is 10.5. The van der Waals surface area contributed by atoms with Crippen LogP contribution in [0, 0.1) is 0 Å². The molecular formula is C15H14O4. The molecular weight excluding hydrogens is 244 g/mol. The molecule has 2 rings (SSSR count). The van der Waals surface area contributed by atoms with Crippen molar-refractivity contribution in [3.8, 4) is 17.2 Å². The standard InChI is InChI=1S/C15H14O4/c1-18-14-6-5-12(9-16)15(8-14)19-10-11-3-2-4-13(17)7-11/h2-9,17H,10H2,1H3. The molecule has 0 aliphatic heterocycles. The van der Waals surface area contributed by atoms with Gasteiger partial charge in [0.2, 0.25) is 0 Å². The molecule has 19 heavy (non-hydrogen) atoms. The van der Waals surface area contributed by atoms with Gasteiger partial charge >= 0.3 is 0 Å². The highest BCUT2D eigenvalue weighted by Gasteiger charge is 2.05. The Morgan fingerprint density at radius 2 is 2.05 bits per heavy atom. The Morgan fingerprint density at radius 1 is 1.21 bits per heavy atom. The van der Waals surface area contributed by atoms with Crippen LogP contribution in [0.5, 0.6) is 17.2 Å². The molecule has 0 heterocycles. The van der Waals surface area contributed by atoms with Gasteiger partial charge in [-0.25, -0.2) is 0 Å². The number of hydrogen-bond donors (Lipinski definition) is 1. The van der Waals surface area contributed by atoms with E-state index in [1.807, 2.05) is 6.07 Å². The van der Waals surface area contributed by atoms with Gasteiger partial charge in [0.25, 0.3) is 0 Å². The molecule has 0 unspecified atom stereocenters. The quantitative estimate of drug-likeness (QED) is 0.838. The Labute approximate surface area is 111 Å². The number of phenolic OH excluding ortho intramolecular Hbond substituents is 1. The average Bonchev–Trinajstić information content (AvgIpc) is 2.45. The lowest BCUT2D eigenvalue weighted by atomic mass is 10.2. The van der Waals surface area contributed by atoms with Crippen molar-refractivity contribution in [2.45, 2.75) is 6.61 Å². The van der Waals surface area contributed by atoms with Gasteiger partial charge in [-0.15, -0.1) is 0 Å². The Balaban J connectivity index is 2.16. The molecule has 2 aromatic rings. The van der Waals surface area contributed by atoms with Crippen molar-refractivity contribution in [2.24, 2.45) is 0 Å². The van der Waals surface area contributed by atoms with E-state index in [-0.39, 0.29) is 12.4 Å². The fourth-order valence-corrected chi connectivity index (χ4v) is 1.67. The van der Waals surface area contributed by atoms with Gasteiger partial charge in [0, 0.05) is 6.07 Å². The van der Waals surface area contributed by atoms with E-state index in [0.29, 0.717) is 17.1 Å². The van der Waals surface area contributed by atoms with E-state index in [1.165, 1.54) is 0 Å². The van der Waals surface area contributed by atoms with Crippen LogP contribution >= 0.6 is 0 Å². The summed E-state index contributed by atoms with van der Waals surface area (Å²) in [5.74, 6) is 1.26. The molecule has 0 spiro atoms. The smallest absolute Gasteiger partial charge is 0.153 e. The van der Waals surface area contributed by atoms with Gasteiger partial charge in [-0.3, -0.25) is 4.79 Å². The summed E-state index contributed by atoms with van der Waals surface area (Å²) in [6, 6.07) is 11.8. The van der Waals surface area contributed by atoms with Gasteiger partial charge in [-0.05, 0) is 29.8 Å². The number of aromatic hydroxyl groups is 1. The molecule has 2 aromatic carbocycles. The van der Waals surface area contributed by atoms with Crippen molar-refractivity contribution in [2.75, 3.05) is 7.11 Å². The molecule has 1 N–H and O–H groups in total. The van der Waals surface area contributed by atoms with Gasteiger partial charge < -0.3 is 14.6 Å². The molecule has 0 saturated carbocycles. The second kappa shape index (κ2) is 5.91. The van der Waals surface area contributed by atoms with Crippen molar-refractivity contribution < 1.29 is 19.4 Å². The lowest BCUT2D eigenvalue weighted by Crippen LogP contribution is -1.98. The van der Waals surface area contributed by atoms with Crippen molar-refractivity contribution in [1.29, 1.82) is 0 Å². The van der Waals surface area contributed by atoms with E-state index < -0.39 is 0 Å². The van der Waals surface area contributed by atoms with Gasteiger partial charge in [0.1, 0.15) is 23.9 Å². The fourth-order valence-electron chi connectivity index (χ4n) is 1.67. The van der Waals surface area contributed by atoms with Crippen LogP contribution in [0.3, 0.4) is 0 Å². The third kappa shape index (κ3) is 3.25. The van der Waals surface area contributed by atoms with Crippen LogP contribution < -0.4 is 9.47 Å². The molecule has 0 amide bonds. The van der Waals surface area contributed by atoms with E-state index in [2.05, 4.69) is 0 Å². The third-order valence-corrected chi connectivity index (χ3v) is 2.65. The average molecular weight is 258 g/mol. The van der Waals surface area contributed by atoms with E-state index >= 15 is 0 Å². The van der Waals surface area contributed by atoms with E-state index in [1.54, 1.807) is 43.5 Å². The number of aldehydes is 1. The summed E-state index contributed by atoms with van der Waals surface area (Å²) in [6.07, 6.45) is 0.733. The third-order valence-electron chi connectivity index (χ3n) is 2.65. The molecule has 0 saturated heterocycles. The summed E-state index contributed by atoms with van der Waals surface area (Å²) in [5, 5.41) is 9.36. The highest BCUT2D eigenvalue weighted by atomic mass is 16.5. The number of carbonyl (C=O) groups is 1. The highest BCUT2D eigenvalue weighted by Crippen LogP contribution is 2.24. The molecule has 0 atom stereocenters. The van der Waals surface area contributed by atoms with Crippen LogP contribution in [-0.2, 0) is 6.61 Å². The Kier molecular flexibility index (Phi) is 4.03. The monoisotopic (exact) mass is 258 g/mol. The molecule has 0 bridgehead atoms. The van der Waals surface area contributed by atoms with Crippen LogP contribution in [-0.4, -0.2) is 18.5 Å². The lowest BCUT2D eigenvalue weighted by molar-refractivity contribution is 0.111. The molecule has 0 fully saturated rings. The first-order valence-corrected chi connectivity index (χ1v) is 5.77. The van der Waals surface area contributed by atoms with Crippen molar-refractivity contribution in [1.82, 2.24) is 0 Å². The van der Waals surface area contributed by atoms with E-state index in [4.69, 9.17) is 9.47 Å². The largest absolute Gasteiger partial charge is 0.508 e. The minimum Gasteiger partial charge on any atom is -0.508 e. The maximum absolute atomic E-state index is 10.9. The van der Waals surface area contributed by atoms with Crippen LogP contribution in [0.4, 0.5) is 0 Å². The second-order valence-corrected chi connectivity index (χ2v) is 3.98. The first-order chi connectivity index (χ1) is 9.22. The minimum atomic E-state index is 0.183. The first-order valence-electron chi connectivity index (χ1n) is 5.77. The van der Waals surface area contributed by atoms with Crippen LogP contribution in [0.1, 0.15) is 15.9 Å². The lowest BCUT2D eigenvalue weighted by Gasteiger charge is -2.10. The predicted molar refractivity (Wildman–Crippen MR) is 70.8 cm³/mol. The normalized spacial score (nSPS) is 9.95. The fraction of sp³-hybridized carbons (Fsp3) is 0.133. The van der Waals surface area contributed by atoms with Gasteiger partial charge in [-0.1, -0.05) is 12.1 Å². The molecule has 0 radical (unpaired) electrons. The summed E-state index contributed by atoms with van der Waals surface area (Å²) >= 11 is 0. The number of ether oxygens (including phenoxy) is 2. The molecule has 0 aliphatic carbocycles. The van der Waals surface area contributed by atoms with Crippen LogP contribution in [0.15, 0.2) is 42.5 Å². The van der Waals surface area contributed by atoms with Crippen molar-refractivity contribution >= 4 is 6.29 Å². The molecule has 0 aliphatic rings. The Hall–Kier alpha value is -2.49. The van der Waals surface area contributed by atoms with Crippen LogP contribution in [0.25, 0.3) is 0 Å². The topological polar surface area (TPSA) is 55.8 Å². The summed E-state index contributed by atoms with van der Waals surface area (Å²) in [4.78, 5) is 10.9. The SMILES string of the molecule is COc1ccc(C=O)c(OCc2cccc(O)c2)c1. The number of phenols is 1. The zero-order valence-corrected chi connectivity index (χ0v) is 10.5. The highest BCUT2D eigenvalue weighted by molar-refractivity contribution is 5.79. The molecule has 4 nitrogen and oxygen atoms in total. The summed E-state index contributed by atoms with van der Waals surface area (Å²) in [5.41, 5.74) is 1.28. The summed E-state index contributed by atoms with van der Waals surface area (Å²) < 4.78 is 10.7. The maximum atomic E-state index is 10.9. The van der Waals surface area contributed by atoms with E-state index in [0.717, 1.165) is 11.8 Å². The van der Waals surface area contributed by atoms with Crippen molar-refractivity contribution in [3.05, 3.63) is 53.6 Å². The number of benzene rings is 2. The number of hydrogen-bond acceptors (Lipinski definition) is 4.